The van der Waals surface area contributed by atoms with E-state index >= 15 is 0 Å². The van der Waals surface area contributed by atoms with Crippen LogP contribution in [0.4, 0.5) is 0 Å². The van der Waals surface area contributed by atoms with Gasteiger partial charge in [0.05, 0.1) is 22.7 Å². The second-order valence-electron chi connectivity index (χ2n) is 5.73. The molecule has 0 saturated carbocycles. The third-order valence-corrected chi connectivity index (χ3v) is 4.06. The molecule has 0 saturated heterocycles. The predicted molar refractivity (Wildman–Crippen MR) is 96.8 cm³/mol. The van der Waals surface area contributed by atoms with Crippen LogP contribution in [0.3, 0.4) is 0 Å². The second-order valence-corrected chi connectivity index (χ2v) is 5.73. The van der Waals surface area contributed by atoms with Crippen molar-refractivity contribution in [1.82, 2.24) is 14.9 Å². The van der Waals surface area contributed by atoms with Gasteiger partial charge in [-0.25, -0.2) is 0 Å². The van der Waals surface area contributed by atoms with Crippen molar-refractivity contribution >= 4 is 16.9 Å². The highest BCUT2D eigenvalue weighted by Crippen LogP contribution is 2.12. The van der Waals surface area contributed by atoms with Gasteiger partial charge in [-0.3, -0.25) is 14.4 Å². The molecule has 2 aromatic carbocycles. The van der Waals surface area contributed by atoms with Crippen LogP contribution in [0, 0.1) is 11.3 Å². The van der Waals surface area contributed by atoms with Gasteiger partial charge in [0.15, 0.2) is 0 Å². The molecule has 0 unspecified atom stereocenters. The molecular weight excluding hydrogens is 332 g/mol. The fourth-order valence-electron chi connectivity index (χ4n) is 2.77. The molecule has 0 atom stereocenters. The Balaban J connectivity index is 1.87. The van der Waals surface area contributed by atoms with Gasteiger partial charge in [-0.2, -0.15) is 5.26 Å². The molecule has 3 rings (SSSR count). The van der Waals surface area contributed by atoms with E-state index in [9.17, 15) is 14.4 Å². The van der Waals surface area contributed by atoms with Crippen LogP contribution in [0.2, 0.25) is 0 Å². The van der Waals surface area contributed by atoms with E-state index in [0.29, 0.717) is 28.7 Å². The topological polar surface area (TPSA) is 108 Å². The lowest BCUT2D eigenvalue weighted by Crippen LogP contribution is -2.36. The third-order valence-electron chi connectivity index (χ3n) is 4.06. The van der Waals surface area contributed by atoms with Crippen LogP contribution < -0.4 is 16.4 Å². The summed E-state index contributed by atoms with van der Waals surface area (Å²) in [6.45, 7) is 2.41. The predicted octanol–water partition coefficient (Wildman–Crippen LogP) is 1.51. The number of carbonyl (C=O) groups is 1. The van der Waals surface area contributed by atoms with Crippen LogP contribution in [0.25, 0.3) is 11.0 Å². The van der Waals surface area contributed by atoms with Crippen molar-refractivity contribution in [3.05, 3.63) is 79.9 Å². The quantitative estimate of drug-likeness (QED) is 0.697. The van der Waals surface area contributed by atoms with Crippen LogP contribution in [0.5, 0.6) is 0 Å². The van der Waals surface area contributed by atoms with Crippen molar-refractivity contribution in [3.8, 4) is 6.07 Å². The first-order chi connectivity index (χ1) is 12.5. The first-order valence-electron chi connectivity index (χ1n) is 8.07. The summed E-state index contributed by atoms with van der Waals surface area (Å²) in [5.74, 6) is -0.315. The van der Waals surface area contributed by atoms with Gasteiger partial charge < -0.3 is 14.9 Å². The largest absolute Gasteiger partial charge is 0.348 e. The Hall–Kier alpha value is -3.66. The van der Waals surface area contributed by atoms with Crippen molar-refractivity contribution in [3.63, 3.8) is 0 Å². The van der Waals surface area contributed by atoms with E-state index in [2.05, 4.69) is 16.4 Å². The molecule has 0 aliphatic heterocycles. The molecule has 7 heteroatoms. The van der Waals surface area contributed by atoms with Gasteiger partial charge in [-0.05, 0) is 42.8 Å². The van der Waals surface area contributed by atoms with Crippen molar-refractivity contribution < 1.29 is 4.79 Å². The standard InChI is InChI=1S/C19H16N4O3/c1-2-23-16-7-6-14(9-15(16)22-18(25)19(23)26)17(24)21-11-13-5-3-4-12(8-13)10-20/h3-9H,2,11H2,1H3,(H,21,24)(H,22,25). The zero-order valence-corrected chi connectivity index (χ0v) is 14.1. The smallest absolute Gasteiger partial charge is 0.316 e. The van der Waals surface area contributed by atoms with Gasteiger partial charge in [0, 0.05) is 18.7 Å². The second kappa shape index (κ2) is 7.07. The maximum Gasteiger partial charge on any atom is 0.316 e. The number of carbonyl (C=O) groups excluding carboxylic acids is 1. The summed E-state index contributed by atoms with van der Waals surface area (Å²) >= 11 is 0. The highest BCUT2D eigenvalue weighted by molar-refractivity contribution is 5.97. The molecule has 0 aliphatic rings. The maximum absolute atomic E-state index is 12.4. The van der Waals surface area contributed by atoms with Gasteiger partial charge in [-0.15, -0.1) is 0 Å². The lowest BCUT2D eigenvalue weighted by molar-refractivity contribution is 0.0951. The number of aryl methyl sites for hydroxylation is 1. The van der Waals surface area contributed by atoms with Crippen molar-refractivity contribution in [1.29, 1.82) is 5.26 Å². The highest BCUT2D eigenvalue weighted by atomic mass is 16.2. The molecule has 2 N–H and O–H groups in total. The van der Waals surface area contributed by atoms with Crippen LogP contribution in [-0.4, -0.2) is 15.5 Å². The minimum absolute atomic E-state index is 0.275. The number of nitrogens with one attached hydrogen (secondary N) is 2. The number of nitrogens with zero attached hydrogens (tertiary/aromatic N) is 2. The zero-order valence-electron chi connectivity index (χ0n) is 14.1. The SMILES string of the molecule is CCn1c(=O)c(=O)[nH]c2cc(C(=O)NCc3cccc(C#N)c3)ccc21. The Bertz CT molecular complexity index is 1150. The Morgan fingerprint density at radius 1 is 1.23 bits per heavy atom. The van der Waals surface area contributed by atoms with E-state index in [1.54, 1.807) is 43.3 Å². The summed E-state index contributed by atoms with van der Waals surface area (Å²) < 4.78 is 1.36. The number of H-pyrrole nitrogens is 1. The van der Waals surface area contributed by atoms with E-state index in [-0.39, 0.29) is 12.5 Å². The number of rotatable bonds is 4. The van der Waals surface area contributed by atoms with Crippen molar-refractivity contribution in [2.24, 2.45) is 0 Å². The normalized spacial score (nSPS) is 10.5. The average Bonchev–Trinajstić information content (AvgIpc) is 2.67. The Morgan fingerprint density at radius 2 is 2.04 bits per heavy atom. The first-order valence-corrected chi connectivity index (χ1v) is 8.07. The van der Waals surface area contributed by atoms with Crippen molar-refractivity contribution in [2.75, 3.05) is 0 Å². The fraction of sp³-hybridized carbons (Fsp3) is 0.158. The number of fused-ring (bicyclic) bond motifs is 1. The summed E-state index contributed by atoms with van der Waals surface area (Å²) in [5, 5.41) is 11.7. The van der Waals surface area contributed by atoms with E-state index in [1.165, 1.54) is 4.57 Å². The zero-order chi connectivity index (χ0) is 18.7. The number of nitriles is 1. The van der Waals surface area contributed by atoms with Gasteiger partial charge in [0.25, 0.3) is 5.91 Å². The van der Waals surface area contributed by atoms with Gasteiger partial charge in [0.2, 0.25) is 0 Å². The maximum atomic E-state index is 12.4. The summed E-state index contributed by atoms with van der Waals surface area (Å²) in [6, 6.07) is 13.8. The summed E-state index contributed by atoms with van der Waals surface area (Å²) in [7, 11) is 0. The minimum atomic E-state index is -0.717. The number of hydrogen-bond donors (Lipinski definition) is 2. The fourth-order valence-corrected chi connectivity index (χ4v) is 2.77. The molecule has 130 valence electrons. The van der Waals surface area contributed by atoms with Crippen LogP contribution >= 0.6 is 0 Å². The van der Waals surface area contributed by atoms with Crippen molar-refractivity contribution in [2.45, 2.75) is 20.0 Å². The number of benzene rings is 2. The molecule has 1 amide bonds. The number of aromatic nitrogens is 2. The molecule has 0 bridgehead atoms. The highest BCUT2D eigenvalue weighted by Gasteiger charge is 2.10. The lowest BCUT2D eigenvalue weighted by atomic mass is 10.1. The molecule has 1 aromatic heterocycles. The van der Waals surface area contributed by atoms with Crippen LogP contribution in [0.15, 0.2) is 52.1 Å². The van der Waals surface area contributed by atoms with Gasteiger partial charge in [-0.1, -0.05) is 12.1 Å². The van der Waals surface area contributed by atoms with Gasteiger partial charge >= 0.3 is 11.1 Å². The molecule has 7 nitrogen and oxygen atoms in total. The van der Waals surface area contributed by atoms with E-state index < -0.39 is 11.1 Å². The van der Waals surface area contributed by atoms with E-state index in [0.717, 1.165) is 5.56 Å². The van der Waals surface area contributed by atoms with Crippen LogP contribution in [0.1, 0.15) is 28.4 Å². The molecule has 26 heavy (non-hydrogen) atoms. The lowest BCUT2D eigenvalue weighted by Gasteiger charge is -2.09. The molecule has 3 aromatic rings. The molecule has 0 fully saturated rings. The monoisotopic (exact) mass is 348 g/mol. The minimum Gasteiger partial charge on any atom is -0.348 e. The van der Waals surface area contributed by atoms with Crippen LogP contribution in [-0.2, 0) is 13.1 Å². The van der Waals surface area contributed by atoms with E-state index in [1.807, 2.05) is 6.07 Å². The first kappa shape index (κ1) is 17.2. The Morgan fingerprint density at radius 3 is 2.77 bits per heavy atom. The Labute approximate surface area is 148 Å². The number of aromatic amines is 1. The molecular formula is C19H16N4O3. The molecule has 0 radical (unpaired) electrons. The number of amides is 1. The molecule has 0 spiro atoms. The number of hydrogen-bond acceptors (Lipinski definition) is 4. The summed E-state index contributed by atoms with van der Waals surface area (Å²) in [4.78, 5) is 38.5. The third kappa shape index (κ3) is 3.26. The van der Waals surface area contributed by atoms with Gasteiger partial charge in [0.1, 0.15) is 0 Å². The summed E-state index contributed by atoms with van der Waals surface area (Å²) in [6.07, 6.45) is 0. The average molecular weight is 348 g/mol. The molecule has 1 heterocycles. The molecule has 0 aliphatic carbocycles. The van der Waals surface area contributed by atoms with E-state index in [4.69, 9.17) is 5.26 Å². The Kier molecular flexibility index (Phi) is 4.67. The summed E-state index contributed by atoms with van der Waals surface area (Å²) in [5.41, 5.74) is 1.36.